The minimum Gasteiger partial charge on any atom is -0.307 e. The normalized spacial score (nSPS) is 14.1. The molecule has 8 heteroatoms. The molecule has 3 aromatic carbocycles. The smallest absolute Gasteiger partial charge is 0.307 e. The van der Waals surface area contributed by atoms with Crippen molar-refractivity contribution in [2.75, 3.05) is 10.2 Å². The van der Waals surface area contributed by atoms with Gasteiger partial charge in [0.25, 0.3) is 5.56 Å². The van der Waals surface area contributed by atoms with Gasteiger partial charge in [-0.3, -0.25) is 9.69 Å². The van der Waals surface area contributed by atoms with Crippen molar-refractivity contribution in [1.29, 1.82) is 5.26 Å². The second kappa shape index (κ2) is 9.47. The number of nitrogens with zero attached hydrogens (tertiary/aromatic N) is 5. The van der Waals surface area contributed by atoms with Crippen molar-refractivity contribution in [3.8, 4) is 28.7 Å². The van der Waals surface area contributed by atoms with Crippen LogP contribution in [0.15, 0.2) is 83.7 Å². The van der Waals surface area contributed by atoms with Crippen LogP contribution in [0.5, 0.6) is 0 Å². The van der Waals surface area contributed by atoms with Crippen LogP contribution in [0.4, 0.5) is 16.2 Å². The van der Waals surface area contributed by atoms with Gasteiger partial charge in [-0.05, 0) is 48.7 Å². The lowest BCUT2D eigenvalue weighted by Crippen LogP contribution is -2.46. The fourth-order valence-corrected chi connectivity index (χ4v) is 4.39. The van der Waals surface area contributed by atoms with Crippen molar-refractivity contribution in [1.82, 2.24) is 14.8 Å². The third-order valence-corrected chi connectivity index (χ3v) is 6.03. The van der Waals surface area contributed by atoms with Gasteiger partial charge in [0.05, 0.1) is 17.3 Å². The summed E-state index contributed by atoms with van der Waals surface area (Å²) in [7, 11) is 0. The van der Waals surface area contributed by atoms with Crippen LogP contribution in [0.2, 0.25) is 0 Å². The molecule has 0 spiro atoms. The number of carbonyl (C=O) groups is 1. The van der Waals surface area contributed by atoms with Crippen molar-refractivity contribution < 1.29 is 4.79 Å². The Morgan fingerprint density at radius 3 is 2.42 bits per heavy atom. The Balaban J connectivity index is 1.65. The molecule has 2 heterocycles. The van der Waals surface area contributed by atoms with E-state index in [0.717, 1.165) is 0 Å². The maximum absolute atomic E-state index is 13.7. The minimum absolute atomic E-state index is 0.222. The lowest BCUT2D eigenvalue weighted by Gasteiger charge is -2.39. The van der Waals surface area contributed by atoms with Crippen LogP contribution in [0.1, 0.15) is 32.0 Å². The molecule has 1 aliphatic rings. The van der Waals surface area contributed by atoms with E-state index in [9.17, 15) is 9.59 Å². The van der Waals surface area contributed by atoms with Gasteiger partial charge in [-0.15, -0.1) is 0 Å². The van der Waals surface area contributed by atoms with Gasteiger partial charge < -0.3 is 5.32 Å². The van der Waals surface area contributed by atoms with Gasteiger partial charge in [-0.25, -0.2) is 9.48 Å². The quantitative estimate of drug-likeness (QED) is 0.422. The van der Waals surface area contributed by atoms with Gasteiger partial charge >= 0.3 is 6.03 Å². The number of anilines is 2. The maximum atomic E-state index is 13.7. The average Bonchev–Trinajstić information content (AvgIpc) is 2.89. The highest BCUT2D eigenvalue weighted by Gasteiger charge is 2.37. The number of para-hydroxylation sites is 1. The third kappa shape index (κ3) is 4.23. The zero-order valence-corrected chi connectivity index (χ0v) is 19.9. The standard InChI is InChI=1S/C28H24N6O2/c1-18(2)16-24-33(28(36)30-21-14-12-19(17-29)13-15-21)23-11-7-6-10-22(23)26-31-27(35)25(32-34(24)26)20-8-4-3-5-9-20/h3-15,18,24H,16H2,1-2H3,(H,30,36)/t24-/m1/s1. The summed E-state index contributed by atoms with van der Waals surface area (Å²) in [5.74, 6) is 0.656. The van der Waals surface area contributed by atoms with Crippen LogP contribution >= 0.6 is 0 Å². The molecule has 0 unspecified atom stereocenters. The number of hydrogen-bond acceptors (Lipinski definition) is 5. The van der Waals surface area contributed by atoms with E-state index in [2.05, 4.69) is 30.2 Å². The van der Waals surface area contributed by atoms with E-state index in [1.54, 1.807) is 33.8 Å². The summed E-state index contributed by atoms with van der Waals surface area (Å²) in [6, 6.07) is 25.0. The lowest BCUT2D eigenvalue weighted by atomic mass is 10.0. The molecule has 0 saturated carbocycles. The number of aromatic nitrogens is 3. The molecule has 0 radical (unpaired) electrons. The Morgan fingerprint density at radius 2 is 1.72 bits per heavy atom. The van der Waals surface area contributed by atoms with Gasteiger partial charge in [0.2, 0.25) is 0 Å². The molecule has 0 saturated heterocycles. The topological polar surface area (TPSA) is 104 Å². The summed E-state index contributed by atoms with van der Waals surface area (Å²) in [6.07, 6.45) is 0.0808. The molecule has 4 aromatic rings. The van der Waals surface area contributed by atoms with E-state index in [1.807, 2.05) is 54.6 Å². The molecule has 178 valence electrons. The first-order chi connectivity index (χ1) is 17.5. The minimum atomic E-state index is -0.510. The first-order valence-corrected chi connectivity index (χ1v) is 11.7. The number of fused-ring (bicyclic) bond motifs is 3. The van der Waals surface area contributed by atoms with E-state index in [0.29, 0.717) is 40.3 Å². The van der Waals surface area contributed by atoms with Crippen molar-refractivity contribution in [3.05, 3.63) is 94.8 Å². The van der Waals surface area contributed by atoms with E-state index >= 15 is 0 Å². The molecule has 1 aliphatic heterocycles. The van der Waals surface area contributed by atoms with Crippen molar-refractivity contribution in [3.63, 3.8) is 0 Å². The Morgan fingerprint density at radius 1 is 1.03 bits per heavy atom. The highest BCUT2D eigenvalue weighted by molar-refractivity contribution is 6.05. The molecule has 2 amide bonds. The fourth-order valence-electron chi connectivity index (χ4n) is 4.39. The second-order valence-electron chi connectivity index (χ2n) is 9.02. The maximum Gasteiger partial charge on any atom is 0.328 e. The molecule has 0 bridgehead atoms. The first kappa shape index (κ1) is 23.0. The highest BCUT2D eigenvalue weighted by Crippen LogP contribution is 2.41. The summed E-state index contributed by atoms with van der Waals surface area (Å²) < 4.78 is 1.70. The highest BCUT2D eigenvalue weighted by atomic mass is 16.2. The third-order valence-electron chi connectivity index (χ3n) is 6.03. The lowest BCUT2D eigenvalue weighted by molar-refractivity contribution is 0.246. The molecule has 0 fully saturated rings. The van der Waals surface area contributed by atoms with Crippen LogP contribution in [0.3, 0.4) is 0 Å². The Kier molecular flexibility index (Phi) is 6.05. The van der Waals surface area contributed by atoms with Gasteiger partial charge in [-0.1, -0.05) is 56.3 Å². The summed E-state index contributed by atoms with van der Waals surface area (Å²) in [5.41, 5.74) is 2.87. The Hall–Kier alpha value is -4.77. The zero-order valence-electron chi connectivity index (χ0n) is 19.9. The zero-order chi connectivity index (χ0) is 25.2. The Bertz CT molecular complexity index is 1520. The van der Waals surface area contributed by atoms with Crippen LogP contribution in [0.25, 0.3) is 22.6 Å². The van der Waals surface area contributed by atoms with Gasteiger partial charge in [0.15, 0.2) is 11.5 Å². The Labute approximate surface area is 208 Å². The number of carbonyl (C=O) groups excluding carboxylic acids is 1. The van der Waals surface area contributed by atoms with E-state index in [1.165, 1.54) is 0 Å². The molecular weight excluding hydrogens is 452 g/mol. The van der Waals surface area contributed by atoms with Crippen LogP contribution in [-0.4, -0.2) is 20.8 Å². The number of urea groups is 1. The number of nitriles is 1. The summed E-state index contributed by atoms with van der Waals surface area (Å²) in [4.78, 5) is 32.9. The SMILES string of the molecule is CC(C)C[C@@H]1N(C(=O)Nc2ccc(C#N)cc2)c2ccccc2-c2nc(=O)c(-c3ccccc3)nn21. The predicted octanol–water partition coefficient (Wildman–Crippen LogP) is 5.44. The number of hydrogen-bond donors (Lipinski definition) is 1. The number of amides is 2. The summed E-state index contributed by atoms with van der Waals surface area (Å²) >= 11 is 0. The van der Waals surface area contributed by atoms with Crippen molar-refractivity contribution in [2.45, 2.75) is 26.4 Å². The number of benzene rings is 3. The van der Waals surface area contributed by atoms with Crippen LogP contribution in [0, 0.1) is 17.2 Å². The summed E-state index contributed by atoms with van der Waals surface area (Å²) in [5, 5.41) is 16.8. The number of nitrogens with one attached hydrogen (secondary N) is 1. The predicted molar refractivity (Wildman–Crippen MR) is 138 cm³/mol. The fraction of sp³-hybridized carbons (Fsp3) is 0.179. The summed E-state index contributed by atoms with van der Waals surface area (Å²) in [6.45, 7) is 4.15. The van der Waals surface area contributed by atoms with Gasteiger partial charge in [0.1, 0.15) is 6.17 Å². The molecule has 0 aliphatic carbocycles. The van der Waals surface area contributed by atoms with E-state index < -0.39 is 11.7 Å². The van der Waals surface area contributed by atoms with Crippen molar-refractivity contribution >= 4 is 17.4 Å². The molecule has 1 atom stereocenters. The van der Waals surface area contributed by atoms with Gasteiger partial charge in [-0.2, -0.15) is 15.3 Å². The average molecular weight is 477 g/mol. The molecule has 5 rings (SSSR count). The molecule has 1 N–H and O–H groups in total. The largest absolute Gasteiger partial charge is 0.328 e. The monoisotopic (exact) mass is 476 g/mol. The first-order valence-electron chi connectivity index (χ1n) is 11.7. The molecule has 1 aromatic heterocycles. The van der Waals surface area contributed by atoms with E-state index in [4.69, 9.17) is 10.4 Å². The van der Waals surface area contributed by atoms with E-state index in [-0.39, 0.29) is 17.6 Å². The van der Waals surface area contributed by atoms with Crippen LogP contribution in [-0.2, 0) is 0 Å². The van der Waals surface area contributed by atoms with Gasteiger partial charge in [0, 0.05) is 16.8 Å². The van der Waals surface area contributed by atoms with Crippen molar-refractivity contribution in [2.24, 2.45) is 5.92 Å². The van der Waals surface area contributed by atoms with Crippen LogP contribution < -0.4 is 15.8 Å². The number of rotatable bonds is 4. The molecular formula is C28H24N6O2. The second-order valence-corrected chi connectivity index (χ2v) is 9.02. The molecule has 8 nitrogen and oxygen atoms in total. The molecule has 36 heavy (non-hydrogen) atoms.